The molecule has 0 unspecified atom stereocenters. The molecule has 1 aliphatic carbocycles. The third kappa shape index (κ3) is 5.21. The first-order valence-corrected chi connectivity index (χ1v) is 10.5. The Morgan fingerprint density at radius 3 is 2.33 bits per heavy atom. The zero-order valence-corrected chi connectivity index (χ0v) is 17.5. The summed E-state index contributed by atoms with van der Waals surface area (Å²) in [6.07, 6.45) is 5.68. The SMILES string of the molecule is CC(C)OC(=O)N1CCC2(CC1)CC(CCCOc1cc(F)c(C(=O)O)c(F)c1)C2. The van der Waals surface area contributed by atoms with E-state index in [-0.39, 0.29) is 17.9 Å². The van der Waals surface area contributed by atoms with Gasteiger partial charge in [0.15, 0.2) is 0 Å². The maximum Gasteiger partial charge on any atom is 0.410 e. The highest BCUT2D eigenvalue weighted by atomic mass is 19.1. The number of hydrogen-bond acceptors (Lipinski definition) is 4. The van der Waals surface area contributed by atoms with Crippen molar-refractivity contribution in [2.24, 2.45) is 11.3 Å². The predicted octanol–water partition coefficient (Wildman–Crippen LogP) is 4.86. The fourth-order valence-corrected chi connectivity index (χ4v) is 4.62. The van der Waals surface area contributed by atoms with Gasteiger partial charge < -0.3 is 19.5 Å². The molecule has 1 aromatic carbocycles. The molecule has 2 fully saturated rings. The number of hydrogen-bond donors (Lipinski definition) is 1. The molecular weight excluding hydrogens is 396 g/mol. The van der Waals surface area contributed by atoms with E-state index in [1.165, 1.54) is 0 Å². The minimum Gasteiger partial charge on any atom is -0.493 e. The van der Waals surface area contributed by atoms with Crippen LogP contribution in [-0.4, -0.2) is 47.9 Å². The standard InChI is InChI=1S/C22H29F2NO5/c1-14(2)30-21(28)25-7-5-22(6-8-25)12-15(13-22)4-3-9-29-16-10-17(23)19(20(26)27)18(24)11-16/h10-11,14-15H,3-9,12-13H2,1-2H3,(H,26,27). The molecule has 30 heavy (non-hydrogen) atoms. The number of nitrogens with zero attached hydrogens (tertiary/aromatic N) is 1. The molecule has 1 heterocycles. The Bertz CT molecular complexity index is 759. The summed E-state index contributed by atoms with van der Waals surface area (Å²) in [7, 11) is 0. The van der Waals surface area contributed by atoms with Gasteiger partial charge in [-0.05, 0) is 63.7 Å². The molecule has 0 radical (unpaired) electrons. The Hall–Kier alpha value is -2.38. The van der Waals surface area contributed by atoms with Crippen molar-refractivity contribution in [1.29, 1.82) is 0 Å². The molecule has 1 aromatic rings. The average Bonchev–Trinajstić information content (AvgIpc) is 2.62. The second-order valence-electron chi connectivity index (χ2n) is 8.75. The van der Waals surface area contributed by atoms with Crippen LogP contribution < -0.4 is 4.74 Å². The lowest BCUT2D eigenvalue weighted by Gasteiger charge is -2.52. The Morgan fingerprint density at radius 1 is 1.20 bits per heavy atom. The van der Waals surface area contributed by atoms with E-state index in [1.54, 1.807) is 4.90 Å². The number of aromatic carboxylic acids is 1. The van der Waals surface area contributed by atoms with Crippen LogP contribution in [0.3, 0.4) is 0 Å². The maximum absolute atomic E-state index is 13.7. The number of carbonyl (C=O) groups is 2. The lowest BCUT2D eigenvalue weighted by molar-refractivity contribution is -0.0204. The molecule has 1 amide bonds. The highest BCUT2D eigenvalue weighted by Gasteiger charge is 2.46. The molecule has 2 aliphatic rings. The zero-order chi connectivity index (χ0) is 21.9. The number of halogens is 2. The van der Waals surface area contributed by atoms with E-state index in [2.05, 4.69) is 0 Å². The highest BCUT2D eigenvalue weighted by molar-refractivity contribution is 5.88. The van der Waals surface area contributed by atoms with E-state index in [9.17, 15) is 18.4 Å². The van der Waals surface area contributed by atoms with Crippen LogP contribution in [0.5, 0.6) is 5.75 Å². The molecule has 0 bridgehead atoms. The van der Waals surface area contributed by atoms with E-state index in [1.807, 2.05) is 13.8 Å². The highest BCUT2D eigenvalue weighted by Crippen LogP contribution is 2.54. The first-order valence-electron chi connectivity index (χ1n) is 10.5. The minimum atomic E-state index is -1.64. The van der Waals surface area contributed by atoms with Gasteiger partial charge in [-0.25, -0.2) is 18.4 Å². The molecule has 166 valence electrons. The van der Waals surface area contributed by atoms with Crippen molar-refractivity contribution in [2.45, 2.75) is 58.5 Å². The van der Waals surface area contributed by atoms with Gasteiger partial charge in [-0.1, -0.05) is 0 Å². The lowest BCUT2D eigenvalue weighted by atomic mass is 9.56. The summed E-state index contributed by atoms with van der Waals surface area (Å²) in [5.74, 6) is -3.31. The Kier molecular flexibility index (Phi) is 6.83. The van der Waals surface area contributed by atoms with Gasteiger partial charge in [0.1, 0.15) is 22.9 Å². The number of rotatable bonds is 7. The van der Waals surface area contributed by atoms with Crippen molar-refractivity contribution in [3.63, 3.8) is 0 Å². The third-order valence-electron chi connectivity index (χ3n) is 6.12. The topological polar surface area (TPSA) is 76.1 Å². The Morgan fingerprint density at radius 2 is 1.80 bits per heavy atom. The molecule has 3 rings (SSSR count). The van der Waals surface area contributed by atoms with Crippen LogP contribution in [0.2, 0.25) is 0 Å². The van der Waals surface area contributed by atoms with Crippen LogP contribution >= 0.6 is 0 Å². The number of carboxylic acid groups (broad SMARTS) is 1. The van der Waals surface area contributed by atoms with Gasteiger partial charge in [0, 0.05) is 25.2 Å². The monoisotopic (exact) mass is 425 g/mol. The van der Waals surface area contributed by atoms with Crippen molar-refractivity contribution in [2.75, 3.05) is 19.7 Å². The predicted molar refractivity (Wildman–Crippen MR) is 106 cm³/mol. The molecule has 1 saturated carbocycles. The molecule has 0 aromatic heterocycles. The van der Waals surface area contributed by atoms with Crippen LogP contribution in [0.15, 0.2) is 12.1 Å². The number of likely N-dealkylation sites (tertiary alicyclic amines) is 1. The lowest BCUT2D eigenvalue weighted by Crippen LogP contribution is -2.49. The third-order valence-corrected chi connectivity index (χ3v) is 6.12. The summed E-state index contributed by atoms with van der Waals surface area (Å²) in [5, 5.41) is 8.78. The number of piperidine rings is 1. The van der Waals surface area contributed by atoms with Gasteiger partial charge in [-0.15, -0.1) is 0 Å². The van der Waals surface area contributed by atoms with Crippen molar-refractivity contribution >= 4 is 12.1 Å². The first kappa shape index (κ1) is 22.3. The van der Waals surface area contributed by atoms with E-state index in [4.69, 9.17) is 14.6 Å². The van der Waals surface area contributed by atoms with Gasteiger partial charge in [0.25, 0.3) is 0 Å². The summed E-state index contributed by atoms with van der Waals surface area (Å²) in [6.45, 7) is 5.50. The first-order chi connectivity index (χ1) is 14.2. The van der Waals surface area contributed by atoms with Gasteiger partial charge in [0.05, 0.1) is 12.7 Å². The van der Waals surface area contributed by atoms with Crippen LogP contribution in [-0.2, 0) is 4.74 Å². The second kappa shape index (κ2) is 9.18. The van der Waals surface area contributed by atoms with Crippen molar-refractivity contribution in [1.82, 2.24) is 4.90 Å². The molecule has 0 atom stereocenters. The van der Waals surface area contributed by atoms with E-state index < -0.39 is 23.2 Å². The van der Waals surface area contributed by atoms with Crippen LogP contribution in [0.1, 0.15) is 62.7 Å². The summed E-state index contributed by atoms with van der Waals surface area (Å²) >= 11 is 0. The smallest absolute Gasteiger partial charge is 0.410 e. The minimum absolute atomic E-state index is 0.000681. The summed E-state index contributed by atoms with van der Waals surface area (Å²) in [5.41, 5.74) is -0.635. The molecule has 1 saturated heterocycles. The van der Waals surface area contributed by atoms with Gasteiger partial charge in [-0.2, -0.15) is 0 Å². The summed E-state index contributed by atoms with van der Waals surface area (Å²) in [6, 6.07) is 1.81. The summed E-state index contributed by atoms with van der Waals surface area (Å²) in [4.78, 5) is 24.6. The number of benzene rings is 1. The van der Waals surface area contributed by atoms with Gasteiger partial charge in [0.2, 0.25) is 0 Å². The maximum atomic E-state index is 13.7. The second-order valence-corrected chi connectivity index (χ2v) is 8.75. The van der Waals surface area contributed by atoms with Crippen molar-refractivity contribution in [3.8, 4) is 5.75 Å². The largest absolute Gasteiger partial charge is 0.493 e. The Labute approximate surface area is 175 Å². The Balaban J connectivity index is 1.35. The van der Waals surface area contributed by atoms with E-state index in [0.717, 1.165) is 63.7 Å². The van der Waals surface area contributed by atoms with Crippen molar-refractivity contribution in [3.05, 3.63) is 29.3 Å². The molecule has 1 N–H and O–H groups in total. The molecule has 8 heteroatoms. The zero-order valence-electron chi connectivity index (χ0n) is 17.5. The fourth-order valence-electron chi connectivity index (χ4n) is 4.62. The normalized spacial score (nSPS) is 18.4. The van der Waals surface area contributed by atoms with Gasteiger partial charge in [-0.3, -0.25) is 0 Å². The fraction of sp³-hybridized carbons (Fsp3) is 0.636. The van der Waals surface area contributed by atoms with Crippen molar-refractivity contribution < 1.29 is 33.0 Å². The average molecular weight is 425 g/mol. The number of carboxylic acids is 1. The quantitative estimate of drug-likeness (QED) is 0.632. The molecule has 1 spiro atoms. The molecule has 6 nitrogen and oxygen atoms in total. The summed E-state index contributed by atoms with van der Waals surface area (Å²) < 4.78 is 38.0. The van der Waals surface area contributed by atoms with E-state index >= 15 is 0 Å². The van der Waals surface area contributed by atoms with E-state index in [0.29, 0.717) is 17.9 Å². The van der Waals surface area contributed by atoms with Crippen LogP contribution in [0, 0.1) is 23.0 Å². The number of amides is 1. The van der Waals surface area contributed by atoms with Crippen LogP contribution in [0.25, 0.3) is 0 Å². The van der Waals surface area contributed by atoms with Crippen LogP contribution in [0.4, 0.5) is 13.6 Å². The number of carbonyl (C=O) groups excluding carboxylic acids is 1. The molecular formula is C22H29F2NO5. The van der Waals surface area contributed by atoms with Gasteiger partial charge >= 0.3 is 12.1 Å². The molecule has 1 aliphatic heterocycles. The number of ether oxygens (including phenoxy) is 2.